The summed E-state index contributed by atoms with van der Waals surface area (Å²) in [7, 11) is 4.69. The van der Waals surface area contributed by atoms with E-state index in [1.54, 1.807) is 33.5 Å². The highest BCUT2D eigenvalue weighted by Crippen LogP contribution is 2.51. The maximum Gasteiger partial charge on any atom is 0.203 e. The first-order valence-electron chi connectivity index (χ1n) is 6.80. The minimum absolute atomic E-state index is 0.218. The van der Waals surface area contributed by atoms with Crippen LogP contribution in [-0.4, -0.2) is 33.0 Å². The first-order valence-corrected chi connectivity index (χ1v) is 6.80. The van der Waals surface area contributed by atoms with Crippen molar-refractivity contribution < 1.29 is 19.3 Å². The monoisotopic (exact) mass is 281 g/mol. The summed E-state index contributed by atoms with van der Waals surface area (Å²) in [6.07, 6.45) is 2.39. The molecule has 1 aliphatic rings. The molecule has 1 aromatic carbocycles. The molecular weight excluding hydrogens is 258 g/mol. The quantitative estimate of drug-likeness (QED) is 0.832. The summed E-state index contributed by atoms with van der Waals surface area (Å²) >= 11 is 0. The molecule has 0 aliphatic heterocycles. The maximum absolute atomic E-state index is 10.7. The Bertz CT molecular complexity index is 440. The zero-order valence-electron chi connectivity index (χ0n) is 12.3. The molecule has 0 heterocycles. The van der Waals surface area contributed by atoms with Crippen LogP contribution in [0.25, 0.3) is 0 Å². The predicted molar refractivity (Wildman–Crippen MR) is 76.4 cm³/mol. The number of benzene rings is 1. The van der Waals surface area contributed by atoms with E-state index in [2.05, 4.69) is 0 Å². The lowest BCUT2D eigenvalue weighted by Gasteiger charge is -2.45. The van der Waals surface area contributed by atoms with E-state index in [9.17, 15) is 5.11 Å². The van der Waals surface area contributed by atoms with Gasteiger partial charge in [-0.05, 0) is 30.5 Å². The van der Waals surface area contributed by atoms with Gasteiger partial charge >= 0.3 is 0 Å². The third-order valence-corrected chi connectivity index (χ3v) is 4.34. The highest BCUT2D eigenvalue weighted by molar-refractivity contribution is 5.54. The van der Waals surface area contributed by atoms with Crippen molar-refractivity contribution in [2.75, 3.05) is 27.9 Å². The van der Waals surface area contributed by atoms with Crippen molar-refractivity contribution in [3.8, 4) is 17.2 Å². The third kappa shape index (κ3) is 2.31. The van der Waals surface area contributed by atoms with Crippen LogP contribution in [0.5, 0.6) is 17.2 Å². The number of aliphatic hydroxyl groups excluding tert-OH is 1. The van der Waals surface area contributed by atoms with Crippen molar-refractivity contribution in [2.24, 2.45) is 11.1 Å². The second-order valence-electron chi connectivity index (χ2n) is 5.28. The molecule has 1 atom stereocenters. The first-order chi connectivity index (χ1) is 9.61. The van der Waals surface area contributed by atoms with Gasteiger partial charge in [-0.15, -0.1) is 0 Å². The standard InChI is InChI=1S/C15H23NO4/c1-18-11-7-10(8-12(19-2)13(11)20-3)14(17)15(9-16)5-4-6-15/h7-8,14,17H,4-6,9,16H2,1-3H3. The van der Waals surface area contributed by atoms with E-state index in [0.29, 0.717) is 23.8 Å². The molecule has 20 heavy (non-hydrogen) atoms. The van der Waals surface area contributed by atoms with Gasteiger partial charge in [0.15, 0.2) is 11.5 Å². The lowest BCUT2D eigenvalue weighted by atomic mass is 9.63. The molecule has 0 spiro atoms. The van der Waals surface area contributed by atoms with Crippen LogP contribution in [0.15, 0.2) is 12.1 Å². The predicted octanol–water partition coefficient (Wildman–Crippen LogP) is 1.87. The van der Waals surface area contributed by atoms with Gasteiger partial charge in [0.25, 0.3) is 0 Å². The summed E-state index contributed by atoms with van der Waals surface area (Å²) in [5, 5.41) is 10.7. The molecule has 0 saturated heterocycles. The van der Waals surface area contributed by atoms with Crippen LogP contribution >= 0.6 is 0 Å². The topological polar surface area (TPSA) is 73.9 Å². The number of rotatable bonds is 6. The fourth-order valence-corrected chi connectivity index (χ4v) is 2.83. The second-order valence-corrected chi connectivity index (χ2v) is 5.28. The van der Waals surface area contributed by atoms with Crippen LogP contribution in [0.1, 0.15) is 30.9 Å². The Labute approximate surface area is 119 Å². The fourth-order valence-electron chi connectivity index (χ4n) is 2.83. The third-order valence-electron chi connectivity index (χ3n) is 4.34. The van der Waals surface area contributed by atoms with Crippen molar-refractivity contribution >= 4 is 0 Å². The van der Waals surface area contributed by atoms with Crippen molar-refractivity contribution in [3.05, 3.63) is 17.7 Å². The summed E-state index contributed by atoms with van der Waals surface area (Å²) < 4.78 is 15.9. The number of hydrogen-bond donors (Lipinski definition) is 2. The molecule has 5 nitrogen and oxygen atoms in total. The largest absolute Gasteiger partial charge is 0.493 e. The van der Waals surface area contributed by atoms with Crippen LogP contribution in [0.2, 0.25) is 0 Å². The minimum Gasteiger partial charge on any atom is -0.493 e. The van der Waals surface area contributed by atoms with Gasteiger partial charge in [-0.2, -0.15) is 0 Å². The summed E-state index contributed by atoms with van der Waals surface area (Å²) in [5.41, 5.74) is 6.39. The molecule has 0 aromatic heterocycles. The van der Waals surface area contributed by atoms with Crippen LogP contribution < -0.4 is 19.9 Å². The van der Waals surface area contributed by atoms with Gasteiger partial charge in [-0.25, -0.2) is 0 Å². The Morgan fingerprint density at radius 1 is 1.15 bits per heavy atom. The summed E-state index contributed by atoms with van der Waals surface area (Å²) in [5.74, 6) is 1.63. The summed E-state index contributed by atoms with van der Waals surface area (Å²) in [6.45, 7) is 0.477. The normalized spacial score (nSPS) is 18.1. The van der Waals surface area contributed by atoms with Crippen LogP contribution in [0, 0.1) is 5.41 Å². The van der Waals surface area contributed by atoms with Gasteiger partial charge in [-0.1, -0.05) is 6.42 Å². The van der Waals surface area contributed by atoms with Gasteiger partial charge < -0.3 is 25.1 Å². The van der Waals surface area contributed by atoms with Crippen LogP contribution in [-0.2, 0) is 0 Å². The molecular formula is C15H23NO4. The molecule has 112 valence electrons. The SMILES string of the molecule is COc1cc(C(O)C2(CN)CCC2)cc(OC)c1OC. The Balaban J connectivity index is 2.41. The van der Waals surface area contributed by atoms with E-state index >= 15 is 0 Å². The van der Waals surface area contributed by atoms with Crippen LogP contribution in [0.3, 0.4) is 0 Å². The minimum atomic E-state index is -0.616. The summed E-state index contributed by atoms with van der Waals surface area (Å²) in [4.78, 5) is 0. The Hall–Kier alpha value is -1.46. The van der Waals surface area contributed by atoms with Crippen molar-refractivity contribution in [3.63, 3.8) is 0 Å². The van der Waals surface area contributed by atoms with Crippen molar-refractivity contribution in [1.82, 2.24) is 0 Å². The van der Waals surface area contributed by atoms with E-state index in [4.69, 9.17) is 19.9 Å². The van der Waals surface area contributed by atoms with E-state index < -0.39 is 6.10 Å². The molecule has 1 aromatic rings. The molecule has 1 aliphatic carbocycles. The number of nitrogens with two attached hydrogens (primary N) is 1. The number of hydrogen-bond acceptors (Lipinski definition) is 5. The molecule has 1 fully saturated rings. The average Bonchev–Trinajstić information content (AvgIpc) is 2.44. The number of methoxy groups -OCH3 is 3. The van der Waals surface area contributed by atoms with E-state index in [1.165, 1.54) is 0 Å². The van der Waals surface area contributed by atoms with Gasteiger partial charge in [0.2, 0.25) is 5.75 Å². The Kier molecular flexibility index (Phi) is 4.40. The second kappa shape index (κ2) is 5.89. The van der Waals surface area contributed by atoms with Crippen molar-refractivity contribution in [2.45, 2.75) is 25.4 Å². The zero-order chi connectivity index (χ0) is 14.8. The van der Waals surface area contributed by atoms with E-state index in [1.807, 2.05) is 0 Å². The van der Waals surface area contributed by atoms with Gasteiger partial charge in [0, 0.05) is 12.0 Å². The van der Waals surface area contributed by atoms with Crippen LogP contribution in [0.4, 0.5) is 0 Å². The molecule has 5 heteroatoms. The average molecular weight is 281 g/mol. The lowest BCUT2D eigenvalue weighted by Crippen LogP contribution is -2.42. The first kappa shape index (κ1) is 14.9. The Morgan fingerprint density at radius 3 is 2.00 bits per heavy atom. The molecule has 0 amide bonds. The molecule has 3 N–H and O–H groups in total. The van der Waals surface area contributed by atoms with Gasteiger partial charge in [0.1, 0.15) is 0 Å². The zero-order valence-corrected chi connectivity index (χ0v) is 12.3. The molecule has 1 saturated carbocycles. The Morgan fingerprint density at radius 2 is 1.70 bits per heavy atom. The highest BCUT2D eigenvalue weighted by atomic mass is 16.5. The van der Waals surface area contributed by atoms with E-state index in [0.717, 1.165) is 24.8 Å². The smallest absolute Gasteiger partial charge is 0.203 e. The molecule has 0 radical (unpaired) electrons. The number of aliphatic hydroxyl groups is 1. The lowest BCUT2D eigenvalue weighted by molar-refractivity contribution is -0.0299. The van der Waals surface area contributed by atoms with E-state index in [-0.39, 0.29) is 5.41 Å². The number of ether oxygens (including phenoxy) is 3. The highest BCUT2D eigenvalue weighted by Gasteiger charge is 2.43. The summed E-state index contributed by atoms with van der Waals surface area (Å²) in [6, 6.07) is 3.59. The van der Waals surface area contributed by atoms with Crippen molar-refractivity contribution in [1.29, 1.82) is 0 Å². The van der Waals surface area contributed by atoms with Gasteiger partial charge in [-0.3, -0.25) is 0 Å². The maximum atomic E-state index is 10.7. The molecule has 2 rings (SSSR count). The van der Waals surface area contributed by atoms with Gasteiger partial charge in [0.05, 0.1) is 27.4 Å². The fraction of sp³-hybridized carbons (Fsp3) is 0.600. The molecule has 0 bridgehead atoms. The molecule has 1 unspecified atom stereocenters.